The fourth-order valence-corrected chi connectivity index (χ4v) is 6.18. The minimum Gasteiger partial charge on any atom is -0.427 e. The van der Waals surface area contributed by atoms with Crippen LogP contribution < -0.4 is 10.1 Å². The maximum Gasteiger partial charge on any atom is 0.461 e. The smallest absolute Gasteiger partial charge is 0.427 e. The number of thiazole rings is 2. The zero-order chi connectivity index (χ0) is 30.0. The van der Waals surface area contributed by atoms with Crippen molar-refractivity contribution in [2.75, 3.05) is 18.4 Å². The fourth-order valence-electron chi connectivity index (χ4n) is 4.16. The van der Waals surface area contributed by atoms with Crippen molar-refractivity contribution in [2.24, 2.45) is 0 Å². The predicted molar refractivity (Wildman–Crippen MR) is 150 cm³/mol. The van der Waals surface area contributed by atoms with Crippen molar-refractivity contribution in [3.63, 3.8) is 0 Å². The third kappa shape index (κ3) is 6.88. The number of hydrogen-bond acceptors (Lipinski definition) is 7. The summed E-state index contributed by atoms with van der Waals surface area (Å²) in [5, 5.41) is 3.76. The molecule has 1 fully saturated rings. The van der Waals surface area contributed by atoms with Gasteiger partial charge in [-0.3, -0.25) is 4.79 Å². The van der Waals surface area contributed by atoms with E-state index in [2.05, 4.69) is 20.0 Å². The van der Waals surface area contributed by atoms with Crippen LogP contribution in [0.3, 0.4) is 0 Å². The molecule has 42 heavy (non-hydrogen) atoms. The molecular weight excluding hydrogens is 626 g/mol. The average Bonchev–Trinajstić information content (AvgIpc) is 3.66. The van der Waals surface area contributed by atoms with Crippen molar-refractivity contribution in [1.82, 2.24) is 14.9 Å². The quantitative estimate of drug-likeness (QED) is 0.189. The minimum absolute atomic E-state index is 0.162. The third-order valence-electron chi connectivity index (χ3n) is 6.10. The van der Waals surface area contributed by atoms with E-state index in [1.807, 2.05) is 0 Å². The van der Waals surface area contributed by atoms with E-state index in [1.165, 1.54) is 70.0 Å². The first kappa shape index (κ1) is 29.9. The molecule has 0 radical (unpaired) electrons. The summed E-state index contributed by atoms with van der Waals surface area (Å²) in [6, 6.07) is 13.6. The number of ether oxygens (including phenoxy) is 1. The van der Waals surface area contributed by atoms with Crippen molar-refractivity contribution in [3.8, 4) is 5.75 Å². The molecule has 3 aromatic carbocycles. The van der Waals surface area contributed by atoms with Gasteiger partial charge >= 0.3 is 12.5 Å². The van der Waals surface area contributed by atoms with Crippen molar-refractivity contribution in [1.29, 1.82) is 0 Å². The Morgan fingerprint density at radius 1 is 1.00 bits per heavy atom. The lowest BCUT2D eigenvalue weighted by atomic mass is 10.1. The van der Waals surface area contributed by atoms with Crippen LogP contribution in [0.15, 0.2) is 60.7 Å². The van der Waals surface area contributed by atoms with Gasteiger partial charge in [0.05, 0.1) is 26.0 Å². The molecule has 1 amide bonds. The molecule has 15 heteroatoms. The standard InChI is InChI=1S/C20H16F5N3O2S.C7H3ClFNS/c21-11-5-6-14-16(9-11)31-19(27-14)26-12-7-8-28(10-12)17(29)13-3-1-2-4-15(13)30-20(24,25)18(22)23;8-7-10-5-2-1-4(9)3-6(5)11-7/h1-6,9,12,18H,7-8,10H2,(H,26,27);1-3H/t12-;/m1./s1. The normalized spacial score (nSPS) is 15.2. The lowest BCUT2D eigenvalue weighted by Crippen LogP contribution is -2.35. The number of fused-ring (bicyclic) bond motifs is 2. The molecule has 0 spiro atoms. The second-order valence-corrected chi connectivity index (χ2v) is 11.7. The Morgan fingerprint density at radius 3 is 2.33 bits per heavy atom. The molecule has 6 nitrogen and oxygen atoms in total. The lowest BCUT2D eigenvalue weighted by molar-refractivity contribution is -0.253. The number of carbonyl (C=O) groups excluding carboxylic acids is 1. The number of nitrogens with one attached hydrogen (secondary N) is 1. The summed E-state index contributed by atoms with van der Waals surface area (Å²) in [5.74, 6) is -1.82. The molecule has 0 saturated carbocycles. The first-order valence-corrected chi connectivity index (χ1v) is 14.3. The number of amides is 1. The van der Waals surface area contributed by atoms with Gasteiger partial charge in [-0.25, -0.2) is 18.7 Å². The number of anilines is 1. The van der Waals surface area contributed by atoms with E-state index in [4.69, 9.17) is 11.6 Å². The van der Waals surface area contributed by atoms with Gasteiger partial charge in [0.25, 0.3) is 5.91 Å². The maximum atomic E-state index is 13.3. The van der Waals surface area contributed by atoms with Crippen LogP contribution in [0.1, 0.15) is 16.8 Å². The van der Waals surface area contributed by atoms with Crippen LogP contribution in [-0.2, 0) is 0 Å². The van der Waals surface area contributed by atoms with E-state index >= 15 is 0 Å². The molecule has 5 aromatic rings. The second kappa shape index (κ2) is 12.3. The van der Waals surface area contributed by atoms with Gasteiger partial charge in [-0.05, 0) is 55.0 Å². The predicted octanol–water partition coefficient (Wildman–Crippen LogP) is 8.09. The summed E-state index contributed by atoms with van der Waals surface area (Å²) in [4.78, 5) is 22.6. The summed E-state index contributed by atoms with van der Waals surface area (Å²) in [5.41, 5.74) is 1.17. The van der Waals surface area contributed by atoms with Crippen LogP contribution in [0.5, 0.6) is 5.75 Å². The SMILES string of the molecule is Fc1ccc2nc(Cl)sc2c1.O=C(c1ccccc1OC(F)(F)C(F)F)N1CC[C@@H](Nc2nc3ccc(F)cc3s2)C1. The second-order valence-electron chi connectivity index (χ2n) is 9.05. The van der Waals surface area contributed by atoms with Gasteiger partial charge in [0, 0.05) is 19.1 Å². The van der Waals surface area contributed by atoms with Crippen molar-refractivity contribution in [3.05, 3.63) is 82.3 Å². The van der Waals surface area contributed by atoms with Crippen LogP contribution in [0, 0.1) is 11.6 Å². The highest BCUT2D eigenvalue weighted by molar-refractivity contribution is 7.22. The van der Waals surface area contributed by atoms with Crippen LogP contribution >= 0.6 is 34.3 Å². The molecule has 1 atom stereocenters. The monoisotopic (exact) mass is 644 g/mol. The van der Waals surface area contributed by atoms with Crippen molar-refractivity contribution >= 4 is 65.7 Å². The Kier molecular flexibility index (Phi) is 8.76. The van der Waals surface area contributed by atoms with Crippen LogP contribution in [0.2, 0.25) is 4.47 Å². The molecule has 2 aromatic heterocycles. The van der Waals surface area contributed by atoms with Crippen molar-refractivity contribution < 1.29 is 35.9 Å². The number of carbonyl (C=O) groups is 1. The van der Waals surface area contributed by atoms with Gasteiger partial charge in [0.1, 0.15) is 17.4 Å². The van der Waals surface area contributed by atoms with Crippen molar-refractivity contribution in [2.45, 2.75) is 25.0 Å². The summed E-state index contributed by atoms with van der Waals surface area (Å²) < 4.78 is 83.6. The van der Waals surface area contributed by atoms with E-state index in [1.54, 1.807) is 12.1 Å². The summed E-state index contributed by atoms with van der Waals surface area (Å²) >= 11 is 8.18. The lowest BCUT2D eigenvalue weighted by Gasteiger charge is -2.21. The molecule has 1 N–H and O–H groups in total. The molecule has 0 aliphatic carbocycles. The number of para-hydroxylation sites is 1. The van der Waals surface area contributed by atoms with Gasteiger partial charge in [-0.2, -0.15) is 17.6 Å². The van der Waals surface area contributed by atoms with Gasteiger partial charge in [0.15, 0.2) is 9.60 Å². The van der Waals surface area contributed by atoms with Gasteiger partial charge in [-0.15, -0.1) is 11.3 Å². The van der Waals surface area contributed by atoms with Crippen LogP contribution in [0.4, 0.5) is 31.5 Å². The summed E-state index contributed by atoms with van der Waals surface area (Å²) in [6.45, 7) is 0.582. The Hall–Kier alpha value is -3.62. The number of likely N-dealkylation sites (tertiary alicyclic amines) is 1. The fraction of sp³-hybridized carbons (Fsp3) is 0.222. The molecule has 6 rings (SSSR count). The van der Waals surface area contributed by atoms with E-state index < -0.39 is 24.2 Å². The Balaban J connectivity index is 0.000000267. The van der Waals surface area contributed by atoms with E-state index in [0.717, 1.165) is 16.3 Å². The van der Waals surface area contributed by atoms with E-state index in [9.17, 15) is 31.1 Å². The first-order chi connectivity index (χ1) is 20.0. The highest BCUT2D eigenvalue weighted by atomic mass is 35.5. The Morgan fingerprint density at radius 2 is 1.64 bits per heavy atom. The summed E-state index contributed by atoms with van der Waals surface area (Å²) in [7, 11) is 0. The average molecular weight is 645 g/mol. The number of halogens is 7. The Labute approximate surface area is 247 Å². The maximum absolute atomic E-state index is 13.3. The molecule has 0 bridgehead atoms. The summed E-state index contributed by atoms with van der Waals surface area (Å²) in [6.07, 6.45) is -8.18. The third-order valence-corrected chi connectivity index (χ3v) is 8.17. The number of rotatable bonds is 6. The molecule has 1 aliphatic heterocycles. The Bertz CT molecular complexity index is 1730. The molecule has 1 aliphatic rings. The molecule has 3 heterocycles. The largest absolute Gasteiger partial charge is 0.461 e. The number of benzene rings is 3. The molecular formula is C27H19ClF6N4O2S2. The molecule has 0 unspecified atom stereocenters. The zero-order valence-electron chi connectivity index (χ0n) is 21.2. The van der Waals surface area contributed by atoms with Gasteiger partial charge in [-0.1, -0.05) is 35.1 Å². The number of aromatic nitrogens is 2. The van der Waals surface area contributed by atoms with Crippen LogP contribution in [-0.4, -0.2) is 52.4 Å². The highest BCUT2D eigenvalue weighted by Crippen LogP contribution is 2.32. The highest BCUT2D eigenvalue weighted by Gasteiger charge is 2.45. The number of nitrogens with zero attached hydrogens (tertiary/aromatic N) is 3. The zero-order valence-corrected chi connectivity index (χ0v) is 23.6. The minimum atomic E-state index is -4.71. The van der Waals surface area contributed by atoms with E-state index in [0.29, 0.717) is 32.8 Å². The number of hydrogen-bond donors (Lipinski definition) is 1. The molecule has 1 saturated heterocycles. The number of alkyl halides is 4. The van der Waals surface area contributed by atoms with Gasteiger partial charge in [0.2, 0.25) is 0 Å². The molecule has 220 valence electrons. The first-order valence-electron chi connectivity index (χ1n) is 12.3. The topological polar surface area (TPSA) is 67.3 Å². The van der Waals surface area contributed by atoms with Crippen LogP contribution in [0.25, 0.3) is 20.4 Å². The van der Waals surface area contributed by atoms with E-state index in [-0.39, 0.29) is 29.8 Å². The van der Waals surface area contributed by atoms with Gasteiger partial charge < -0.3 is 15.0 Å².